The second-order valence-electron chi connectivity index (χ2n) is 5.09. The van der Waals surface area contributed by atoms with Crippen LogP contribution in [0.3, 0.4) is 0 Å². The van der Waals surface area contributed by atoms with Gasteiger partial charge in [0, 0.05) is 30.1 Å². The lowest BCUT2D eigenvalue weighted by molar-refractivity contribution is 0.144. The van der Waals surface area contributed by atoms with E-state index in [1.165, 1.54) is 0 Å². The normalized spacial score (nSPS) is 22.1. The van der Waals surface area contributed by atoms with E-state index in [-0.39, 0.29) is 16.6 Å². The fourth-order valence-corrected chi connectivity index (χ4v) is 4.41. The number of nitrogens with zero attached hydrogens (tertiary/aromatic N) is 2. The van der Waals surface area contributed by atoms with E-state index >= 15 is 0 Å². The fraction of sp³-hybridized carbons (Fsp3) is 0.538. The van der Waals surface area contributed by atoms with Crippen LogP contribution in [-0.2, 0) is 10.0 Å². The minimum Gasteiger partial charge on any atom is -0.398 e. The monoisotopic (exact) mass is 361 g/mol. The third-order valence-electron chi connectivity index (χ3n) is 3.80. The van der Waals surface area contributed by atoms with Crippen molar-refractivity contribution in [2.75, 3.05) is 32.4 Å². The predicted molar refractivity (Wildman–Crippen MR) is 84.0 cm³/mol. The number of sulfonamides is 1. The average molecular weight is 362 g/mol. The van der Waals surface area contributed by atoms with Crippen LogP contribution in [0.5, 0.6) is 0 Å². The van der Waals surface area contributed by atoms with Crippen molar-refractivity contribution >= 4 is 31.6 Å². The molecule has 5 nitrogen and oxygen atoms in total. The van der Waals surface area contributed by atoms with Crippen LogP contribution >= 0.6 is 15.9 Å². The quantitative estimate of drug-likeness (QED) is 0.832. The Kier molecular flexibility index (Phi) is 4.73. The number of hydrogen-bond acceptors (Lipinski definition) is 4. The number of halogens is 1. The number of anilines is 1. The number of nitrogen functional groups attached to an aromatic ring is 1. The van der Waals surface area contributed by atoms with Gasteiger partial charge in [0.25, 0.3) is 0 Å². The lowest BCUT2D eigenvalue weighted by Gasteiger charge is -2.38. The van der Waals surface area contributed by atoms with Gasteiger partial charge in [0.05, 0.1) is 5.69 Å². The molecule has 1 aliphatic rings. The second-order valence-corrected chi connectivity index (χ2v) is 7.91. The predicted octanol–water partition coefficient (Wildman–Crippen LogP) is 1.75. The van der Waals surface area contributed by atoms with Gasteiger partial charge in [0.15, 0.2) is 0 Å². The largest absolute Gasteiger partial charge is 0.398 e. The summed E-state index contributed by atoms with van der Waals surface area (Å²) < 4.78 is 27.7. The van der Waals surface area contributed by atoms with Gasteiger partial charge in [-0.05, 0) is 31.7 Å². The third-order valence-corrected chi connectivity index (χ3v) is 6.23. The summed E-state index contributed by atoms with van der Waals surface area (Å²) in [5.74, 6) is 0. The summed E-state index contributed by atoms with van der Waals surface area (Å²) in [5.41, 5.74) is 6.15. The highest BCUT2D eigenvalue weighted by Gasteiger charge is 2.32. The lowest BCUT2D eigenvalue weighted by atomic mass is 10.1. The molecule has 2 rings (SSSR count). The van der Waals surface area contributed by atoms with E-state index in [0.29, 0.717) is 13.1 Å². The number of benzene rings is 1. The van der Waals surface area contributed by atoms with Crippen LogP contribution in [-0.4, -0.2) is 50.3 Å². The maximum Gasteiger partial charge on any atom is 0.245 e. The van der Waals surface area contributed by atoms with Gasteiger partial charge in [-0.1, -0.05) is 22.9 Å². The zero-order valence-electron chi connectivity index (χ0n) is 11.7. The first-order valence-electron chi connectivity index (χ1n) is 6.61. The molecule has 0 spiro atoms. The average Bonchev–Trinajstić information content (AvgIpc) is 2.38. The van der Waals surface area contributed by atoms with E-state index in [0.717, 1.165) is 17.4 Å². The molecule has 2 N–H and O–H groups in total. The highest BCUT2D eigenvalue weighted by atomic mass is 79.9. The summed E-state index contributed by atoms with van der Waals surface area (Å²) in [6.45, 7) is 3.84. The number of hydrogen-bond donors (Lipinski definition) is 1. The van der Waals surface area contributed by atoms with Crippen molar-refractivity contribution < 1.29 is 8.42 Å². The number of likely N-dealkylation sites (N-methyl/N-ethyl adjacent to an activating group) is 1. The standard InChI is InChI=1S/C13H20BrN3O2S/c1-3-11-9-17(7-6-16(11)2)20(18,19)13-5-4-10(14)8-12(13)15/h4-5,8,11H,3,6-7,9,15H2,1-2H3. The molecular formula is C13H20BrN3O2S. The Bertz CT molecular complexity index is 591. The van der Waals surface area contributed by atoms with Crippen LogP contribution in [0.2, 0.25) is 0 Å². The summed E-state index contributed by atoms with van der Waals surface area (Å²) in [6.07, 6.45) is 0.929. The zero-order valence-corrected chi connectivity index (χ0v) is 14.1. The fourth-order valence-electron chi connectivity index (χ4n) is 2.47. The first kappa shape index (κ1) is 15.8. The molecule has 0 aliphatic carbocycles. The molecule has 1 unspecified atom stereocenters. The zero-order chi connectivity index (χ0) is 14.9. The van der Waals surface area contributed by atoms with Gasteiger partial charge < -0.3 is 10.6 Å². The van der Waals surface area contributed by atoms with Gasteiger partial charge in [0.1, 0.15) is 4.90 Å². The van der Waals surface area contributed by atoms with Gasteiger partial charge in [-0.3, -0.25) is 0 Å². The Morgan fingerprint density at radius 2 is 2.10 bits per heavy atom. The van der Waals surface area contributed by atoms with Crippen LogP contribution in [0.15, 0.2) is 27.6 Å². The Morgan fingerprint density at radius 1 is 1.40 bits per heavy atom. The number of piperazine rings is 1. The van der Waals surface area contributed by atoms with E-state index in [4.69, 9.17) is 5.73 Å². The molecule has 112 valence electrons. The molecule has 7 heteroatoms. The van der Waals surface area contributed by atoms with Crippen molar-refractivity contribution in [2.45, 2.75) is 24.3 Å². The van der Waals surface area contributed by atoms with Crippen molar-refractivity contribution in [2.24, 2.45) is 0 Å². The van der Waals surface area contributed by atoms with Crippen LogP contribution in [0.25, 0.3) is 0 Å². The smallest absolute Gasteiger partial charge is 0.245 e. The minimum atomic E-state index is -3.52. The summed E-state index contributed by atoms with van der Waals surface area (Å²) in [5, 5.41) is 0. The van der Waals surface area contributed by atoms with E-state index in [2.05, 4.69) is 27.8 Å². The molecule has 0 bridgehead atoms. The summed E-state index contributed by atoms with van der Waals surface area (Å²) >= 11 is 3.29. The van der Waals surface area contributed by atoms with Crippen LogP contribution in [0.4, 0.5) is 5.69 Å². The van der Waals surface area contributed by atoms with Gasteiger partial charge in [-0.2, -0.15) is 4.31 Å². The Hall–Kier alpha value is -0.630. The van der Waals surface area contributed by atoms with Gasteiger partial charge >= 0.3 is 0 Å². The van der Waals surface area contributed by atoms with Gasteiger partial charge in [0.2, 0.25) is 10.0 Å². The molecule has 0 amide bonds. The molecule has 0 aromatic heterocycles. The maximum absolute atomic E-state index is 12.7. The van der Waals surface area contributed by atoms with Crippen molar-refractivity contribution in [1.29, 1.82) is 0 Å². The van der Waals surface area contributed by atoms with Gasteiger partial charge in [-0.25, -0.2) is 8.42 Å². The molecule has 1 atom stereocenters. The molecule has 1 aliphatic heterocycles. The van der Waals surface area contributed by atoms with E-state index < -0.39 is 10.0 Å². The Labute approximate surface area is 128 Å². The Morgan fingerprint density at radius 3 is 2.70 bits per heavy atom. The topological polar surface area (TPSA) is 66.6 Å². The highest BCUT2D eigenvalue weighted by Crippen LogP contribution is 2.27. The molecule has 1 heterocycles. The molecule has 1 aromatic carbocycles. The van der Waals surface area contributed by atoms with Crippen LogP contribution < -0.4 is 5.73 Å². The van der Waals surface area contributed by atoms with Crippen LogP contribution in [0.1, 0.15) is 13.3 Å². The first-order valence-corrected chi connectivity index (χ1v) is 8.85. The third kappa shape index (κ3) is 3.00. The van der Waals surface area contributed by atoms with Crippen molar-refractivity contribution in [3.05, 3.63) is 22.7 Å². The SMILES string of the molecule is CCC1CN(S(=O)(=O)c2ccc(Br)cc2N)CCN1C. The molecule has 1 fully saturated rings. The lowest BCUT2D eigenvalue weighted by Crippen LogP contribution is -2.52. The van der Waals surface area contributed by atoms with E-state index in [1.54, 1.807) is 22.5 Å². The van der Waals surface area contributed by atoms with Gasteiger partial charge in [-0.15, -0.1) is 0 Å². The second kappa shape index (κ2) is 6.01. The molecule has 20 heavy (non-hydrogen) atoms. The highest BCUT2D eigenvalue weighted by molar-refractivity contribution is 9.10. The molecule has 1 saturated heterocycles. The minimum absolute atomic E-state index is 0.195. The van der Waals surface area contributed by atoms with E-state index in [1.807, 2.05) is 7.05 Å². The Balaban J connectivity index is 2.31. The summed E-state index contributed by atoms with van der Waals surface area (Å²) in [4.78, 5) is 2.40. The number of rotatable bonds is 3. The summed E-state index contributed by atoms with van der Waals surface area (Å²) in [7, 11) is -1.48. The molecule has 1 aromatic rings. The van der Waals surface area contributed by atoms with Crippen LogP contribution in [0, 0.1) is 0 Å². The van der Waals surface area contributed by atoms with Crippen molar-refractivity contribution in [3.8, 4) is 0 Å². The van der Waals surface area contributed by atoms with Crippen molar-refractivity contribution in [1.82, 2.24) is 9.21 Å². The number of nitrogens with two attached hydrogens (primary N) is 1. The van der Waals surface area contributed by atoms with E-state index in [9.17, 15) is 8.42 Å². The maximum atomic E-state index is 12.7. The molecular weight excluding hydrogens is 342 g/mol. The van der Waals surface area contributed by atoms with Crippen molar-refractivity contribution in [3.63, 3.8) is 0 Å². The molecule has 0 saturated carbocycles. The molecule has 0 radical (unpaired) electrons. The summed E-state index contributed by atoms with van der Waals surface area (Å²) in [6, 6.07) is 5.15. The first-order chi connectivity index (χ1) is 9.36.